The van der Waals surface area contributed by atoms with Gasteiger partial charge in [0.25, 0.3) is 0 Å². The van der Waals surface area contributed by atoms with E-state index in [0.717, 1.165) is 5.56 Å². The highest BCUT2D eigenvalue weighted by Gasteiger charge is 2.15. The van der Waals surface area contributed by atoms with Gasteiger partial charge in [-0.1, -0.05) is 0 Å². The van der Waals surface area contributed by atoms with Crippen molar-refractivity contribution in [1.29, 1.82) is 0 Å². The molecule has 9 heteroatoms. The molecule has 0 aliphatic rings. The Bertz CT molecular complexity index is 796. The van der Waals surface area contributed by atoms with E-state index >= 15 is 0 Å². The highest BCUT2D eigenvalue weighted by atomic mass is 32.1. The van der Waals surface area contributed by atoms with E-state index in [4.69, 9.17) is 18.9 Å². The molecule has 1 amide bonds. The molecule has 1 heterocycles. The first-order valence-corrected chi connectivity index (χ1v) is 9.57. The molecule has 0 aliphatic carbocycles. The molecule has 0 aliphatic heterocycles. The number of aryl methyl sites for hydroxylation is 1. The maximum absolute atomic E-state index is 12.2. The standard InChI is InChI=1S/C19H24N2O6S/c1-5-27-17(23)10-13-11-28-19(20-13)21-16(22)7-6-12-8-14(24-2)18(26-4)15(9-12)25-3/h8-9,11H,5-7,10H2,1-4H3,(H,20,21,22). The lowest BCUT2D eigenvalue weighted by atomic mass is 10.1. The van der Waals surface area contributed by atoms with Crippen molar-refractivity contribution >= 4 is 28.3 Å². The maximum atomic E-state index is 12.2. The van der Waals surface area contributed by atoms with Gasteiger partial charge in [0.15, 0.2) is 16.6 Å². The van der Waals surface area contributed by atoms with Crippen LogP contribution >= 0.6 is 11.3 Å². The van der Waals surface area contributed by atoms with Crippen LogP contribution in [0.1, 0.15) is 24.6 Å². The monoisotopic (exact) mass is 408 g/mol. The second kappa shape index (κ2) is 10.5. The van der Waals surface area contributed by atoms with Gasteiger partial charge in [0.2, 0.25) is 11.7 Å². The average molecular weight is 408 g/mol. The number of carbonyl (C=O) groups excluding carboxylic acids is 2. The molecule has 0 atom stereocenters. The molecule has 2 aromatic rings. The Kier molecular flexibility index (Phi) is 8.06. The Labute approximate surface area is 167 Å². The fourth-order valence-electron chi connectivity index (χ4n) is 2.52. The SMILES string of the molecule is CCOC(=O)Cc1csc(NC(=O)CCc2cc(OC)c(OC)c(OC)c2)n1. The smallest absolute Gasteiger partial charge is 0.311 e. The van der Waals surface area contributed by atoms with Crippen LogP contribution in [-0.2, 0) is 27.2 Å². The summed E-state index contributed by atoms with van der Waals surface area (Å²) in [6, 6.07) is 3.63. The van der Waals surface area contributed by atoms with E-state index in [1.165, 1.54) is 18.4 Å². The number of amides is 1. The van der Waals surface area contributed by atoms with Crippen molar-refractivity contribution in [2.45, 2.75) is 26.2 Å². The van der Waals surface area contributed by atoms with Crippen LogP contribution in [0.25, 0.3) is 0 Å². The average Bonchev–Trinajstić information content (AvgIpc) is 3.11. The minimum Gasteiger partial charge on any atom is -0.493 e. The number of nitrogens with one attached hydrogen (secondary N) is 1. The summed E-state index contributed by atoms with van der Waals surface area (Å²) in [4.78, 5) is 27.9. The summed E-state index contributed by atoms with van der Waals surface area (Å²) >= 11 is 1.27. The van der Waals surface area contributed by atoms with Crippen molar-refractivity contribution < 1.29 is 28.5 Å². The lowest BCUT2D eigenvalue weighted by Crippen LogP contribution is -2.13. The number of anilines is 1. The first-order chi connectivity index (χ1) is 13.5. The summed E-state index contributed by atoms with van der Waals surface area (Å²) in [7, 11) is 4.63. The number of esters is 1. The van der Waals surface area contributed by atoms with Crippen LogP contribution in [-0.4, -0.2) is 44.8 Å². The Morgan fingerprint density at radius 3 is 2.36 bits per heavy atom. The lowest BCUT2D eigenvalue weighted by Gasteiger charge is -2.14. The Morgan fingerprint density at radius 1 is 1.11 bits per heavy atom. The molecule has 0 saturated heterocycles. The maximum Gasteiger partial charge on any atom is 0.311 e. The number of hydrogen-bond donors (Lipinski definition) is 1. The molecule has 0 spiro atoms. The first kappa shape index (κ1) is 21.5. The fraction of sp³-hybridized carbons (Fsp3) is 0.421. The van der Waals surface area contributed by atoms with Gasteiger partial charge in [0, 0.05) is 11.8 Å². The second-order valence-electron chi connectivity index (χ2n) is 5.71. The molecule has 28 heavy (non-hydrogen) atoms. The molecule has 0 fully saturated rings. The third-order valence-electron chi connectivity index (χ3n) is 3.79. The zero-order chi connectivity index (χ0) is 20.5. The molecule has 0 radical (unpaired) electrons. The Hall–Kier alpha value is -2.81. The summed E-state index contributed by atoms with van der Waals surface area (Å²) in [6.45, 7) is 2.08. The molecular weight excluding hydrogens is 384 g/mol. The quantitative estimate of drug-likeness (QED) is 0.604. The van der Waals surface area contributed by atoms with Crippen LogP contribution in [0.5, 0.6) is 17.2 Å². The number of ether oxygens (including phenoxy) is 4. The van der Waals surface area contributed by atoms with E-state index in [9.17, 15) is 9.59 Å². The minimum absolute atomic E-state index is 0.0889. The topological polar surface area (TPSA) is 96.0 Å². The molecule has 0 unspecified atom stereocenters. The van der Waals surface area contributed by atoms with E-state index in [0.29, 0.717) is 41.1 Å². The third-order valence-corrected chi connectivity index (χ3v) is 4.60. The molecule has 152 valence electrons. The van der Waals surface area contributed by atoms with Crippen LogP contribution in [0.3, 0.4) is 0 Å². The summed E-state index contributed by atoms with van der Waals surface area (Å²) in [5.74, 6) is 1.08. The molecule has 8 nitrogen and oxygen atoms in total. The van der Waals surface area contributed by atoms with Gasteiger partial charge in [-0.05, 0) is 31.0 Å². The largest absolute Gasteiger partial charge is 0.493 e. The highest BCUT2D eigenvalue weighted by Crippen LogP contribution is 2.38. The molecule has 0 saturated carbocycles. The van der Waals surface area contributed by atoms with Gasteiger partial charge < -0.3 is 24.3 Å². The lowest BCUT2D eigenvalue weighted by molar-refractivity contribution is -0.142. The number of carbonyl (C=O) groups is 2. The number of thiazole rings is 1. The summed E-state index contributed by atoms with van der Waals surface area (Å²) in [5, 5.41) is 4.93. The number of benzene rings is 1. The van der Waals surface area contributed by atoms with Crippen molar-refractivity contribution in [2.24, 2.45) is 0 Å². The number of aromatic nitrogens is 1. The van der Waals surface area contributed by atoms with E-state index in [2.05, 4.69) is 10.3 Å². The number of rotatable bonds is 10. The van der Waals surface area contributed by atoms with E-state index < -0.39 is 0 Å². The fourth-order valence-corrected chi connectivity index (χ4v) is 3.25. The Balaban J connectivity index is 1.94. The second-order valence-corrected chi connectivity index (χ2v) is 6.57. The molecule has 1 aromatic carbocycles. The van der Waals surface area contributed by atoms with Crippen molar-refractivity contribution in [3.8, 4) is 17.2 Å². The third kappa shape index (κ3) is 5.85. The van der Waals surface area contributed by atoms with Gasteiger partial charge in [0.1, 0.15) is 0 Å². The normalized spacial score (nSPS) is 10.3. The van der Waals surface area contributed by atoms with Crippen LogP contribution < -0.4 is 19.5 Å². The van der Waals surface area contributed by atoms with Crippen LogP contribution in [0.4, 0.5) is 5.13 Å². The van der Waals surface area contributed by atoms with Crippen LogP contribution in [0.2, 0.25) is 0 Å². The van der Waals surface area contributed by atoms with Crippen molar-refractivity contribution in [3.63, 3.8) is 0 Å². The van der Waals surface area contributed by atoms with Gasteiger partial charge >= 0.3 is 5.97 Å². The molecule has 0 bridgehead atoms. The van der Waals surface area contributed by atoms with Gasteiger partial charge in [-0.2, -0.15) is 0 Å². The van der Waals surface area contributed by atoms with Crippen LogP contribution in [0.15, 0.2) is 17.5 Å². The summed E-state index contributed by atoms with van der Waals surface area (Å²) in [5.41, 5.74) is 1.45. The van der Waals surface area contributed by atoms with Gasteiger partial charge in [0.05, 0.1) is 40.1 Å². The van der Waals surface area contributed by atoms with E-state index in [-0.39, 0.29) is 24.7 Å². The number of nitrogens with zero attached hydrogens (tertiary/aromatic N) is 1. The van der Waals surface area contributed by atoms with Gasteiger partial charge in [-0.3, -0.25) is 9.59 Å². The van der Waals surface area contributed by atoms with Gasteiger partial charge in [-0.25, -0.2) is 4.98 Å². The van der Waals surface area contributed by atoms with Gasteiger partial charge in [-0.15, -0.1) is 11.3 Å². The summed E-state index contributed by atoms with van der Waals surface area (Å²) < 4.78 is 20.8. The predicted octanol–water partition coefficient (Wildman–Crippen LogP) is 2.85. The summed E-state index contributed by atoms with van der Waals surface area (Å²) in [6.07, 6.45) is 0.834. The zero-order valence-electron chi connectivity index (χ0n) is 16.4. The van der Waals surface area contributed by atoms with Crippen LogP contribution in [0, 0.1) is 0 Å². The van der Waals surface area contributed by atoms with Crippen molar-refractivity contribution in [2.75, 3.05) is 33.3 Å². The highest BCUT2D eigenvalue weighted by molar-refractivity contribution is 7.13. The molecule has 1 aromatic heterocycles. The number of hydrogen-bond acceptors (Lipinski definition) is 8. The molecule has 1 N–H and O–H groups in total. The van der Waals surface area contributed by atoms with E-state index in [1.54, 1.807) is 26.5 Å². The minimum atomic E-state index is -0.340. The van der Waals surface area contributed by atoms with Crippen molar-refractivity contribution in [3.05, 3.63) is 28.8 Å². The Morgan fingerprint density at radius 2 is 1.79 bits per heavy atom. The van der Waals surface area contributed by atoms with Crippen molar-refractivity contribution in [1.82, 2.24) is 4.98 Å². The molecule has 2 rings (SSSR count). The molecular formula is C19H24N2O6S. The number of methoxy groups -OCH3 is 3. The van der Waals surface area contributed by atoms with E-state index in [1.807, 2.05) is 12.1 Å². The zero-order valence-corrected chi connectivity index (χ0v) is 17.2. The first-order valence-electron chi connectivity index (χ1n) is 8.69. The predicted molar refractivity (Wildman–Crippen MR) is 105 cm³/mol.